The highest BCUT2D eigenvalue weighted by Gasteiger charge is 2.28. The quantitative estimate of drug-likeness (QED) is 0.799. The number of fused-ring (bicyclic) bond motifs is 1. The van der Waals surface area contributed by atoms with Crippen molar-refractivity contribution in [1.29, 1.82) is 0 Å². The Hall–Kier alpha value is -2.76. The summed E-state index contributed by atoms with van der Waals surface area (Å²) in [5.41, 5.74) is 2.89. The second-order valence-corrected chi connectivity index (χ2v) is 5.78. The highest BCUT2D eigenvalue weighted by atomic mass is 19.1. The summed E-state index contributed by atoms with van der Waals surface area (Å²) in [5.74, 6) is -0.236. The summed E-state index contributed by atoms with van der Waals surface area (Å²) < 4.78 is 18.2. The summed E-state index contributed by atoms with van der Waals surface area (Å²) in [6, 6.07) is 7.46. The second kappa shape index (κ2) is 5.15. The highest BCUT2D eigenvalue weighted by molar-refractivity contribution is 6.12. The van der Waals surface area contributed by atoms with Gasteiger partial charge >= 0.3 is 0 Å². The van der Waals surface area contributed by atoms with Gasteiger partial charge in [-0.3, -0.25) is 4.79 Å². The van der Waals surface area contributed by atoms with Crippen LogP contribution in [0.25, 0.3) is 11.1 Å². The fraction of sp³-hybridized carbons (Fsp3) is 0.235. The third kappa shape index (κ3) is 2.56. The molecule has 23 heavy (non-hydrogen) atoms. The minimum absolute atomic E-state index is 0.280. The van der Waals surface area contributed by atoms with Crippen LogP contribution in [0, 0.1) is 12.7 Å². The first-order valence-electron chi connectivity index (χ1n) is 7.45. The fourth-order valence-electron chi connectivity index (χ4n) is 2.61. The lowest BCUT2D eigenvalue weighted by Gasteiger charge is -2.08. The number of carbonyl (C=O) groups is 1. The smallest absolute Gasteiger partial charge is 0.259 e. The van der Waals surface area contributed by atoms with Crippen LogP contribution in [0.2, 0.25) is 0 Å². The molecule has 0 spiro atoms. The molecule has 116 valence electrons. The third-order valence-electron chi connectivity index (χ3n) is 3.98. The topological polar surface area (TPSA) is 68.0 Å². The molecule has 1 aromatic carbocycles. The van der Waals surface area contributed by atoms with Gasteiger partial charge in [-0.05, 0) is 50.1 Å². The van der Waals surface area contributed by atoms with E-state index < -0.39 is 0 Å². The predicted molar refractivity (Wildman–Crippen MR) is 82.9 cm³/mol. The Morgan fingerprint density at radius 2 is 2.04 bits per heavy atom. The van der Waals surface area contributed by atoms with Crippen LogP contribution in [-0.2, 0) is 0 Å². The van der Waals surface area contributed by atoms with Crippen LogP contribution in [0.4, 0.5) is 10.1 Å². The van der Waals surface area contributed by atoms with Crippen molar-refractivity contribution < 1.29 is 13.7 Å². The van der Waals surface area contributed by atoms with Crippen molar-refractivity contribution in [3.8, 4) is 0 Å². The molecule has 3 aromatic rings. The Bertz CT molecular complexity index is 898. The van der Waals surface area contributed by atoms with Gasteiger partial charge in [0.2, 0.25) is 0 Å². The molecule has 5 nitrogen and oxygen atoms in total. The number of hydrogen-bond acceptors (Lipinski definition) is 4. The molecule has 6 heteroatoms. The number of amides is 1. The van der Waals surface area contributed by atoms with Gasteiger partial charge in [-0.25, -0.2) is 9.37 Å². The lowest BCUT2D eigenvalue weighted by molar-refractivity contribution is 0.102. The average molecular weight is 311 g/mol. The van der Waals surface area contributed by atoms with Crippen LogP contribution in [0.5, 0.6) is 0 Å². The van der Waals surface area contributed by atoms with E-state index >= 15 is 0 Å². The Balaban J connectivity index is 1.75. The van der Waals surface area contributed by atoms with E-state index in [2.05, 4.69) is 15.5 Å². The molecule has 1 fully saturated rings. The number of aromatic nitrogens is 2. The van der Waals surface area contributed by atoms with Crippen molar-refractivity contribution >= 4 is 22.7 Å². The maximum atomic E-state index is 13.0. The molecule has 0 saturated heterocycles. The van der Waals surface area contributed by atoms with Crippen molar-refractivity contribution in [2.24, 2.45) is 0 Å². The largest absolute Gasteiger partial charge is 0.336 e. The molecule has 1 saturated carbocycles. The summed E-state index contributed by atoms with van der Waals surface area (Å²) >= 11 is 0. The zero-order valence-electron chi connectivity index (χ0n) is 12.5. The Morgan fingerprint density at radius 3 is 2.74 bits per heavy atom. The molecule has 4 rings (SSSR count). The number of anilines is 1. The summed E-state index contributed by atoms with van der Waals surface area (Å²) in [4.78, 5) is 17.1. The van der Waals surface area contributed by atoms with E-state index in [0.717, 1.165) is 18.5 Å². The third-order valence-corrected chi connectivity index (χ3v) is 3.98. The number of benzene rings is 1. The first-order chi connectivity index (χ1) is 11.1. The van der Waals surface area contributed by atoms with Crippen LogP contribution in [0.15, 0.2) is 34.9 Å². The van der Waals surface area contributed by atoms with E-state index in [9.17, 15) is 9.18 Å². The van der Waals surface area contributed by atoms with E-state index in [1.54, 1.807) is 6.92 Å². The van der Waals surface area contributed by atoms with Crippen molar-refractivity contribution in [1.82, 2.24) is 10.1 Å². The van der Waals surface area contributed by atoms with Crippen LogP contribution in [-0.4, -0.2) is 16.0 Å². The molecule has 1 amide bonds. The SMILES string of the molecule is Cc1noc2nc(C3CC3)cc(C(=O)Nc3ccc(F)cc3)c12. The summed E-state index contributed by atoms with van der Waals surface area (Å²) in [7, 11) is 0. The summed E-state index contributed by atoms with van der Waals surface area (Å²) in [6.07, 6.45) is 2.15. The number of carbonyl (C=O) groups excluding carboxylic acids is 1. The molecular weight excluding hydrogens is 297 g/mol. The minimum atomic E-state index is -0.347. The molecular formula is C17H14FN3O2. The summed E-state index contributed by atoms with van der Waals surface area (Å²) in [6.45, 7) is 1.78. The molecule has 1 aliphatic rings. The molecule has 2 heterocycles. The molecule has 0 atom stereocenters. The number of aryl methyl sites for hydroxylation is 1. The second-order valence-electron chi connectivity index (χ2n) is 5.78. The first kappa shape index (κ1) is 13.9. The van der Waals surface area contributed by atoms with Crippen molar-refractivity contribution in [3.05, 3.63) is 53.1 Å². The average Bonchev–Trinajstić information content (AvgIpc) is 3.33. The molecule has 2 aromatic heterocycles. The number of pyridine rings is 1. The minimum Gasteiger partial charge on any atom is -0.336 e. The van der Waals surface area contributed by atoms with Gasteiger partial charge in [0.05, 0.1) is 16.6 Å². The van der Waals surface area contributed by atoms with Crippen molar-refractivity contribution in [2.45, 2.75) is 25.7 Å². The van der Waals surface area contributed by atoms with Gasteiger partial charge in [-0.15, -0.1) is 0 Å². The van der Waals surface area contributed by atoms with Gasteiger partial charge in [0.1, 0.15) is 5.82 Å². The monoisotopic (exact) mass is 311 g/mol. The zero-order valence-corrected chi connectivity index (χ0v) is 12.5. The van der Waals surface area contributed by atoms with Gasteiger partial charge in [-0.2, -0.15) is 0 Å². The van der Waals surface area contributed by atoms with Gasteiger partial charge in [-0.1, -0.05) is 5.16 Å². The molecule has 1 aliphatic carbocycles. The van der Waals surface area contributed by atoms with Crippen molar-refractivity contribution in [3.63, 3.8) is 0 Å². The van der Waals surface area contributed by atoms with Gasteiger partial charge in [0.15, 0.2) is 0 Å². The predicted octanol–water partition coefficient (Wildman–Crippen LogP) is 3.80. The Labute approximate surface area is 131 Å². The van der Waals surface area contributed by atoms with Crippen LogP contribution >= 0.6 is 0 Å². The lowest BCUT2D eigenvalue weighted by atomic mass is 10.1. The lowest BCUT2D eigenvalue weighted by Crippen LogP contribution is -2.13. The number of nitrogens with one attached hydrogen (secondary N) is 1. The Morgan fingerprint density at radius 1 is 1.30 bits per heavy atom. The van der Waals surface area contributed by atoms with Crippen molar-refractivity contribution in [2.75, 3.05) is 5.32 Å². The van der Waals surface area contributed by atoms with E-state index in [0.29, 0.717) is 34.0 Å². The Kier molecular flexibility index (Phi) is 3.11. The molecule has 1 N–H and O–H groups in total. The normalized spacial score (nSPS) is 14.2. The van der Waals surface area contributed by atoms with Gasteiger partial charge in [0, 0.05) is 17.3 Å². The standard InChI is InChI=1S/C17H14FN3O2/c1-9-15-13(16(22)19-12-6-4-11(18)5-7-12)8-14(10-2-3-10)20-17(15)23-21-9/h4-8,10H,2-3H2,1H3,(H,19,22). The first-order valence-corrected chi connectivity index (χ1v) is 7.45. The molecule has 0 radical (unpaired) electrons. The van der Waals surface area contributed by atoms with E-state index in [1.165, 1.54) is 24.3 Å². The van der Waals surface area contributed by atoms with E-state index in [1.807, 2.05) is 6.07 Å². The molecule has 0 unspecified atom stereocenters. The summed E-state index contributed by atoms with van der Waals surface area (Å²) in [5, 5.41) is 7.31. The van der Waals surface area contributed by atoms with Crippen LogP contribution in [0.1, 0.15) is 40.5 Å². The van der Waals surface area contributed by atoms with Crippen LogP contribution < -0.4 is 5.32 Å². The molecule has 0 aliphatic heterocycles. The highest BCUT2D eigenvalue weighted by Crippen LogP contribution is 2.40. The maximum Gasteiger partial charge on any atom is 0.259 e. The number of rotatable bonds is 3. The zero-order chi connectivity index (χ0) is 16.0. The fourth-order valence-corrected chi connectivity index (χ4v) is 2.61. The number of hydrogen-bond donors (Lipinski definition) is 1. The number of halogens is 1. The maximum absolute atomic E-state index is 13.0. The van der Waals surface area contributed by atoms with Gasteiger partial charge < -0.3 is 9.84 Å². The number of nitrogens with zero attached hydrogens (tertiary/aromatic N) is 2. The van der Waals surface area contributed by atoms with Crippen LogP contribution in [0.3, 0.4) is 0 Å². The van der Waals surface area contributed by atoms with Gasteiger partial charge in [0.25, 0.3) is 11.6 Å². The van der Waals surface area contributed by atoms with E-state index in [4.69, 9.17) is 4.52 Å². The van der Waals surface area contributed by atoms with E-state index in [-0.39, 0.29) is 11.7 Å². The molecule has 0 bridgehead atoms.